The summed E-state index contributed by atoms with van der Waals surface area (Å²) in [5, 5.41) is 8.42. The lowest BCUT2D eigenvalue weighted by molar-refractivity contribution is -0.131. The molecule has 0 aliphatic carbocycles. The molecule has 0 spiro atoms. The first-order chi connectivity index (χ1) is 6.59. The highest BCUT2D eigenvalue weighted by Crippen LogP contribution is 2.12. The Morgan fingerprint density at radius 2 is 1.80 bits per heavy atom. The molecule has 3 nitrogen and oxygen atoms in total. The van der Waals surface area contributed by atoms with Crippen molar-refractivity contribution in [1.29, 1.82) is 0 Å². The maximum Gasteiger partial charge on any atom is 0.328 e. The van der Waals surface area contributed by atoms with Crippen molar-refractivity contribution in [1.82, 2.24) is 0 Å². The average Bonchev–Trinajstić information content (AvgIpc) is 2.15. The van der Waals surface area contributed by atoms with Crippen LogP contribution in [0.2, 0.25) is 0 Å². The van der Waals surface area contributed by atoms with Crippen molar-refractivity contribution >= 4 is 30.1 Å². The van der Waals surface area contributed by atoms with Gasteiger partial charge in [-0.1, -0.05) is 12.1 Å². The van der Waals surface area contributed by atoms with Crippen molar-refractivity contribution in [2.24, 2.45) is 0 Å². The van der Waals surface area contributed by atoms with E-state index in [1.165, 1.54) is 0 Å². The Bertz CT molecular complexity index is 344. The highest BCUT2D eigenvalue weighted by Gasteiger charge is 1.93. The van der Waals surface area contributed by atoms with Gasteiger partial charge in [0.2, 0.25) is 0 Å². The van der Waals surface area contributed by atoms with Gasteiger partial charge < -0.3 is 10.0 Å². The second-order valence-electron chi connectivity index (χ2n) is 3.16. The number of benzene rings is 1. The minimum atomic E-state index is -0.929. The SMILES string of the molecule is CN(C)c1ccc(/C=C/C(=O)O)cc1.Cl. The molecule has 4 heteroatoms. The summed E-state index contributed by atoms with van der Waals surface area (Å²) < 4.78 is 0. The van der Waals surface area contributed by atoms with Gasteiger partial charge in [0.05, 0.1) is 0 Å². The number of aliphatic carboxylic acids is 1. The van der Waals surface area contributed by atoms with Crippen LogP contribution in [0.3, 0.4) is 0 Å². The fourth-order valence-electron chi connectivity index (χ4n) is 1.05. The Kier molecular flexibility index (Phi) is 5.49. The third-order valence-corrected chi connectivity index (χ3v) is 1.83. The summed E-state index contributed by atoms with van der Waals surface area (Å²) >= 11 is 0. The fraction of sp³-hybridized carbons (Fsp3) is 0.182. The molecule has 0 radical (unpaired) electrons. The molecule has 1 aromatic carbocycles. The predicted octanol–water partition coefficient (Wildman–Crippen LogP) is 2.27. The van der Waals surface area contributed by atoms with Crippen LogP contribution in [0.15, 0.2) is 30.3 Å². The number of hydrogen-bond acceptors (Lipinski definition) is 2. The second-order valence-corrected chi connectivity index (χ2v) is 3.16. The fourth-order valence-corrected chi connectivity index (χ4v) is 1.05. The van der Waals surface area contributed by atoms with Crippen LogP contribution in [0.1, 0.15) is 5.56 Å². The molecule has 1 rings (SSSR count). The normalized spacial score (nSPS) is 9.73. The number of anilines is 1. The minimum Gasteiger partial charge on any atom is -0.478 e. The highest BCUT2D eigenvalue weighted by molar-refractivity contribution is 5.85. The van der Waals surface area contributed by atoms with E-state index in [2.05, 4.69) is 0 Å². The summed E-state index contributed by atoms with van der Waals surface area (Å²) in [5.41, 5.74) is 1.98. The van der Waals surface area contributed by atoms with Crippen LogP contribution in [0, 0.1) is 0 Å². The van der Waals surface area contributed by atoms with Crippen molar-refractivity contribution in [3.8, 4) is 0 Å². The number of nitrogens with zero attached hydrogens (tertiary/aromatic N) is 1. The second kappa shape index (κ2) is 6.09. The molecule has 0 aromatic heterocycles. The molecular weight excluding hydrogens is 214 g/mol. The zero-order valence-electron chi connectivity index (χ0n) is 8.68. The summed E-state index contributed by atoms with van der Waals surface area (Å²) in [5.74, 6) is -0.929. The Hall–Kier alpha value is -1.48. The summed E-state index contributed by atoms with van der Waals surface area (Å²) in [6, 6.07) is 7.66. The molecule has 1 N–H and O–H groups in total. The molecule has 0 heterocycles. The van der Waals surface area contributed by atoms with Crippen molar-refractivity contribution in [3.05, 3.63) is 35.9 Å². The molecular formula is C11H14ClNO2. The molecule has 0 bridgehead atoms. The van der Waals surface area contributed by atoms with Gasteiger partial charge in [-0.25, -0.2) is 4.79 Å². The Morgan fingerprint density at radius 1 is 1.27 bits per heavy atom. The van der Waals surface area contributed by atoms with Gasteiger partial charge in [0.25, 0.3) is 0 Å². The van der Waals surface area contributed by atoms with Crippen LogP contribution in [0.5, 0.6) is 0 Å². The largest absolute Gasteiger partial charge is 0.478 e. The average molecular weight is 228 g/mol. The van der Waals surface area contributed by atoms with E-state index in [0.717, 1.165) is 17.3 Å². The molecule has 82 valence electrons. The van der Waals surface area contributed by atoms with Crippen molar-refractivity contribution < 1.29 is 9.90 Å². The number of carbonyl (C=O) groups is 1. The maximum absolute atomic E-state index is 10.3. The van der Waals surface area contributed by atoms with Crippen molar-refractivity contribution in [2.75, 3.05) is 19.0 Å². The van der Waals surface area contributed by atoms with E-state index in [-0.39, 0.29) is 12.4 Å². The van der Waals surface area contributed by atoms with Gasteiger partial charge in [-0.3, -0.25) is 0 Å². The van der Waals surface area contributed by atoms with Gasteiger partial charge in [0.1, 0.15) is 0 Å². The van der Waals surface area contributed by atoms with Gasteiger partial charge in [-0.15, -0.1) is 12.4 Å². The van der Waals surface area contributed by atoms with Crippen LogP contribution in [-0.2, 0) is 4.79 Å². The third kappa shape index (κ3) is 4.51. The molecule has 0 fully saturated rings. The van der Waals surface area contributed by atoms with E-state index in [4.69, 9.17) is 5.11 Å². The molecule has 0 aliphatic rings. The van der Waals surface area contributed by atoms with Gasteiger partial charge in [0.15, 0.2) is 0 Å². The van der Waals surface area contributed by atoms with Crippen LogP contribution < -0.4 is 4.90 Å². The Balaban J connectivity index is 0.00000196. The Morgan fingerprint density at radius 3 is 2.20 bits per heavy atom. The van der Waals surface area contributed by atoms with Crippen molar-refractivity contribution in [3.63, 3.8) is 0 Å². The lowest BCUT2D eigenvalue weighted by atomic mass is 10.2. The zero-order valence-corrected chi connectivity index (χ0v) is 9.49. The number of rotatable bonds is 3. The molecule has 0 saturated heterocycles. The first-order valence-corrected chi connectivity index (χ1v) is 4.28. The first kappa shape index (κ1) is 13.5. The van der Waals surface area contributed by atoms with Crippen LogP contribution >= 0.6 is 12.4 Å². The molecule has 0 atom stereocenters. The summed E-state index contributed by atoms with van der Waals surface area (Å²) in [6.07, 6.45) is 2.70. The monoisotopic (exact) mass is 227 g/mol. The lowest BCUT2D eigenvalue weighted by Crippen LogP contribution is -2.07. The van der Waals surface area contributed by atoms with E-state index >= 15 is 0 Å². The van der Waals surface area contributed by atoms with Crippen LogP contribution in [0.4, 0.5) is 5.69 Å². The van der Waals surface area contributed by atoms with E-state index in [9.17, 15) is 4.79 Å². The van der Waals surface area contributed by atoms with E-state index in [1.54, 1.807) is 6.08 Å². The molecule has 0 unspecified atom stereocenters. The quantitative estimate of drug-likeness (QED) is 0.806. The first-order valence-electron chi connectivity index (χ1n) is 4.28. The topological polar surface area (TPSA) is 40.5 Å². The summed E-state index contributed by atoms with van der Waals surface area (Å²) in [6.45, 7) is 0. The lowest BCUT2D eigenvalue weighted by Gasteiger charge is -2.11. The van der Waals surface area contributed by atoms with E-state index in [1.807, 2.05) is 43.3 Å². The summed E-state index contributed by atoms with van der Waals surface area (Å²) in [4.78, 5) is 12.2. The zero-order chi connectivity index (χ0) is 10.6. The molecule has 0 amide bonds. The van der Waals surface area contributed by atoms with Crippen molar-refractivity contribution in [2.45, 2.75) is 0 Å². The van der Waals surface area contributed by atoms with Gasteiger partial charge >= 0.3 is 5.97 Å². The molecule has 1 aromatic rings. The van der Waals surface area contributed by atoms with E-state index < -0.39 is 5.97 Å². The molecule has 0 saturated carbocycles. The number of carboxylic acids is 1. The van der Waals surface area contributed by atoms with Crippen LogP contribution in [-0.4, -0.2) is 25.2 Å². The highest BCUT2D eigenvalue weighted by atomic mass is 35.5. The standard InChI is InChI=1S/C11H13NO2.ClH/c1-12(2)10-6-3-9(4-7-10)5-8-11(13)14;/h3-8H,1-2H3,(H,13,14);1H/b8-5+;. The number of carboxylic acid groups (broad SMARTS) is 1. The van der Waals surface area contributed by atoms with E-state index in [0.29, 0.717) is 0 Å². The predicted molar refractivity (Wildman–Crippen MR) is 64.7 cm³/mol. The van der Waals surface area contributed by atoms with Gasteiger partial charge in [-0.05, 0) is 23.8 Å². The Labute approximate surface area is 95.4 Å². The van der Waals surface area contributed by atoms with Crippen LogP contribution in [0.25, 0.3) is 6.08 Å². The number of hydrogen-bond donors (Lipinski definition) is 1. The van der Waals surface area contributed by atoms with Gasteiger partial charge in [0, 0.05) is 25.9 Å². The maximum atomic E-state index is 10.3. The number of halogens is 1. The summed E-state index contributed by atoms with van der Waals surface area (Å²) in [7, 11) is 3.92. The minimum absolute atomic E-state index is 0. The third-order valence-electron chi connectivity index (χ3n) is 1.83. The smallest absolute Gasteiger partial charge is 0.328 e. The molecule has 15 heavy (non-hydrogen) atoms. The molecule has 0 aliphatic heterocycles. The van der Waals surface area contributed by atoms with Gasteiger partial charge in [-0.2, -0.15) is 0 Å².